The lowest BCUT2D eigenvalue weighted by molar-refractivity contribution is -0.290. The molecule has 7 nitrogen and oxygen atoms in total. The van der Waals surface area contributed by atoms with E-state index in [1.54, 1.807) is 0 Å². The fourth-order valence-electron chi connectivity index (χ4n) is 2.42. The summed E-state index contributed by atoms with van der Waals surface area (Å²) < 4.78 is 94.0. The zero-order chi connectivity index (χ0) is 22.3. The topological polar surface area (TPSA) is 86.5 Å². The number of halogens is 6. The first-order valence-corrected chi connectivity index (χ1v) is 10.2. The lowest BCUT2D eigenvalue weighted by atomic mass is 10.3. The lowest BCUT2D eigenvalue weighted by Gasteiger charge is -2.19. The average molecular weight is 471 g/mol. The molecule has 0 aromatic carbocycles. The number of hydrogen-bond acceptors (Lipinski definition) is 6. The minimum atomic E-state index is -5.79. The van der Waals surface area contributed by atoms with Crippen molar-refractivity contribution >= 4 is 27.0 Å². The summed E-state index contributed by atoms with van der Waals surface area (Å²) in [5.41, 5.74) is -0.200. The van der Waals surface area contributed by atoms with Gasteiger partial charge in [0.05, 0.1) is 16.8 Å². The molecule has 0 radical (unpaired) electrons. The van der Waals surface area contributed by atoms with Crippen LogP contribution in [0.1, 0.15) is 6.92 Å². The molecule has 3 rings (SSSR count). The fraction of sp³-hybridized carbons (Fsp3) is 0.312. The fourth-order valence-corrected chi connectivity index (χ4v) is 3.59. The van der Waals surface area contributed by atoms with Crippen molar-refractivity contribution in [3.63, 3.8) is 0 Å². The number of rotatable bonds is 6. The van der Waals surface area contributed by atoms with Gasteiger partial charge in [-0.2, -0.15) is 22.0 Å². The molecule has 14 heteroatoms. The molecule has 0 amide bonds. The van der Waals surface area contributed by atoms with Gasteiger partial charge in [0.25, 0.3) is 0 Å². The van der Waals surface area contributed by atoms with Gasteiger partial charge < -0.3 is 4.74 Å². The first-order valence-electron chi connectivity index (χ1n) is 8.16. The molecule has 30 heavy (non-hydrogen) atoms. The predicted octanol–water partition coefficient (Wildman–Crippen LogP) is 3.81. The van der Waals surface area contributed by atoms with Crippen LogP contribution in [-0.4, -0.2) is 52.2 Å². The van der Waals surface area contributed by atoms with Gasteiger partial charge in [0, 0.05) is 12.4 Å². The Morgan fingerprint density at radius 2 is 1.87 bits per heavy atom. The van der Waals surface area contributed by atoms with Crippen LogP contribution in [0.5, 0.6) is 5.88 Å². The van der Waals surface area contributed by atoms with E-state index >= 15 is 0 Å². The highest BCUT2D eigenvalue weighted by molar-refractivity contribution is 7.91. The molecule has 0 aliphatic carbocycles. The first kappa shape index (κ1) is 22.2. The maximum atomic E-state index is 13.2. The molecule has 0 unspecified atom stereocenters. The van der Waals surface area contributed by atoms with E-state index in [1.165, 1.54) is 29.7 Å². The second-order valence-corrected chi connectivity index (χ2v) is 8.58. The van der Waals surface area contributed by atoms with Gasteiger partial charge in [-0.15, -0.1) is 0 Å². The Labute approximate surface area is 171 Å². The standard InChI is InChI=1S/C16H12ClF5N4O3S/c1-2-30(27,28)10-3-4-11(17)25-12(10)13-24-7-9-14(23-5-6-26(9)13)29-8-15(18,19)16(20,21)22/h3-7H,2,8H2,1H3. The van der Waals surface area contributed by atoms with E-state index in [0.29, 0.717) is 0 Å². The van der Waals surface area contributed by atoms with Gasteiger partial charge in [0.2, 0.25) is 5.88 Å². The van der Waals surface area contributed by atoms with Crippen molar-refractivity contribution in [1.29, 1.82) is 0 Å². The van der Waals surface area contributed by atoms with Crippen molar-refractivity contribution in [2.75, 3.05) is 12.4 Å². The molecule has 0 atom stereocenters. The third kappa shape index (κ3) is 4.03. The second kappa shape index (κ2) is 7.61. The van der Waals surface area contributed by atoms with Crippen LogP contribution in [0.3, 0.4) is 0 Å². The van der Waals surface area contributed by atoms with Crippen molar-refractivity contribution in [2.24, 2.45) is 0 Å². The number of nitrogens with zero attached hydrogens (tertiary/aromatic N) is 4. The van der Waals surface area contributed by atoms with Crippen molar-refractivity contribution in [3.05, 3.63) is 35.9 Å². The molecule has 0 spiro atoms. The summed E-state index contributed by atoms with van der Waals surface area (Å²) in [6.07, 6.45) is -2.36. The Hall–Kier alpha value is -2.54. The van der Waals surface area contributed by atoms with Crippen LogP contribution in [0.25, 0.3) is 17.0 Å². The van der Waals surface area contributed by atoms with E-state index in [9.17, 15) is 30.4 Å². The van der Waals surface area contributed by atoms with E-state index < -0.39 is 34.4 Å². The number of aromatic nitrogens is 4. The van der Waals surface area contributed by atoms with Crippen molar-refractivity contribution in [3.8, 4) is 17.4 Å². The normalized spacial score (nSPS) is 13.0. The minimum absolute atomic E-state index is 0.0350. The van der Waals surface area contributed by atoms with Crippen molar-refractivity contribution in [2.45, 2.75) is 23.9 Å². The summed E-state index contributed by atoms with van der Waals surface area (Å²) in [7, 11) is -3.74. The predicted molar refractivity (Wildman–Crippen MR) is 95.5 cm³/mol. The number of hydrogen-bond donors (Lipinski definition) is 0. The molecular weight excluding hydrogens is 459 g/mol. The van der Waals surface area contributed by atoms with Crippen LogP contribution < -0.4 is 4.74 Å². The van der Waals surface area contributed by atoms with Gasteiger partial charge in [-0.25, -0.2) is 23.4 Å². The number of pyridine rings is 1. The second-order valence-electron chi connectivity index (χ2n) is 5.94. The monoisotopic (exact) mass is 470 g/mol. The molecule has 0 N–H and O–H groups in total. The van der Waals surface area contributed by atoms with Crippen LogP contribution in [0.4, 0.5) is 22.0 Å². The largest absolute Gasteiger partial charge is 0.469 e. The quantitative estimate of drug-likeness (QED) is 0.402. The molecular formula is C16H12ClF5N4O3S. The number of alkyl halides is 5. The van der Waals surface area contributed by atoms with Gasteiger partial charge >= 0.3 is 12.1 Å². The molecule has 162 valence electrons. The summed E-state index contributed by atoms with van der Waals surface area (Å²) >= 11 is 5.88. The van der Waals surface area contributed by atoms with E-state index in [2.05, 4.69) is 19.7 Å². The Bertz CT molecular complexity index is 1200. The number of fused-ring (bicyclic) bond motifs is 1. The van der Waals surface area contributed by atoms with E-state index in [0.717, 1.165) is 12.4 Å². The highest BCUT2D eigenvalue weighted by atomic mass is 35.5. The first-order chi connectivity index (χ1) is 13.9. The molecule has 0 bridgehead atoms. The van der Waals surface area contributed by atoms with E-state index in [-0.39, 0.29) is 32.8 Å². The van der Waals surface area contributed by atoms with Crippen LogP contribution in [-0.2, 0) is 9.84 Å². The molecule has 3 aromatic rings. The third-order valence-corrected chi connectivity index (χ3v) is 5.95. The summed E-state index contributed by atoms with van der Waals surface area (Å²) in [4.78, 5) is 11.5. The summed E-state index contributed by atoms with van der Waals surface area (Å²) in [6, 6.07) is 2.52. The maximum absolute atomic E-state index is 13.2. The molecule has 3 heterocycles. The van der Waals surface area contributed by atoms with Gasteiger partial charge in [-0.1, -0.05) is 18.5 Å². The number of imidazole rings is 1. The van der Waals surface area contributed by atoms with Gasteiger partial charge in [0.15, 0.2) is 22.3 Å². The maximum Gasteiger partial charge on any atom is 0.456 e. The molecule has 3 aromatic heterocycles. The Morgan fingerprint density at radius 1 is 1.17 bits per heavy atom. The highest BCUT2D eigenvalue weighted by Crippen LogP contribution is 2.36. The zero-order valence-corrected chi connectivity index (χ0v) is 16.6. The van der Waals surface area contributed by atoms with Crippen molar-refractivity contribution in [1.82, 2.24) is 19.4 Å². The number of sulfone groups is 1. The third-order valence-electron chi connectivity index (χ3n) is 3.98. The summed E-state index contributed by atoms with van der Waals surface area (Å²) in [6.45, 7) is -0.567. The molecule has 0 aliphatic rings. The molecule has 0 fully saturated rings. The van der Waals surface area contributed by atoms with Gasteiger partial charge in [-0.3, -0.25) is 4.40 Å². The van der Waals surface area contributed by atoms with E-state index in [4.69, 9.17) is 11.6 Å². The Balaban J connectivity index is 2.09. The molecule has 0 aliphatic heterocycles. The van der Waals surface area contributed by atoms with Gasteiger partial charge in [-0.05, 0) is 12.1 Å². The van der Waals surface area contributed by atoms with Crippen LogP contribution in [0.15, 0.2) is 35.6 Å². The smallest absolute Gasteiger partial charge is 0.456 e. The summed E-state index contributed by atoms with van der Waals surface area (Å²) in [5.74, 6) is -5.94. The zero-order valence-electron chi connectivity index (χ0n) is 15.0. The Kier molecular flexibility index (Phi) is 5.62. The Morgan fingerprint density at radius 3 is 2.50 bits per heavy atom. The minimum Gasteiger partial charge on any atom is -0.469 e. The molecule has 0 saturated carbocycles. The highest BCUT2D eigenvalue weighted by Gasteiger charge is 2.58. The van der Waals surface area contributed by atoms with Crippen LogP contribution >= 0.6 is 11.6 Å². The average Bonchev–Trinajstić information content (AvgIpc) is 3.09. The van der Waals surface area contributed by atoms with Crippen molar-refractivity contribution < 1.29 is 35.1 Å². The number of ether oxygens (including phenoxy) is 1. The summed E-state index contributed by atoms with van der Waals surface area (Å²) in [5, 5.41) is -0.0350. The van der Waals surface area contributed by atoms with Crippen LogP contribution in [0, 0.1) is 0 Å². The van der Waals surface area contributed by atoms with Crippen LogP contribution in [0.2, 0.25) is 5.15 Å². The SMILES string of the molecule is CCS(=O)(=O)c1ccc(Cl)nc1-c1ncc2c(OCC(F)(F)C(F)(F)F)nccn12. The lowest BCUT2D eigenvalue weighted by Crippen LogP contribution is -2.41. The van der Waals surface area contributed by atoms with Gasteiger partial charge in [0.1, 0.15) is 16.4 Å². The van der Waals surface area contributed by atoms with E-state index in [1.807, 2.05) is 0 Å². The molecule has 0 saturated heterocycles.